The molecule has 1 aromatic rings. The Bertz CT molecular complexity index is 757. The maximum Gasteiger partial charge on any atom is 0.277 e. The van der Waals surface area contributed by atoms with Gasteiger partial charge in [0.25, 0.3) is 5.91 Å². The molecular weight excluding hydrogens is 386 g/mol. The summed E-state index contributed by atoms with van der Waals surface area (Å²) >= 11 is 5.93. The van der Waals surface area contributed by atoms with Gasteiger partial charge >= 0.3 is 0 Å². The Balaban J connectivity index is 1.53. The lowest BCUT2D eigenvalue weighted by molar-refractivity contribution is -0.896. The number of carbonyl (C=O) groups is 1. The summed E-state index contributed by atoms with van der Waals surface area (Å²) in [5, 5.41) is 0.414. The van der Waals surface area contributed by atoms with Gasteiger partial charge in [0.05, 0.1) is 31.1 Å². The van der Waals surface area contributed by atoms with Crippen molar-refractivity contribution < 1.29 is 18.1 Å². The van der Waals surface area contributed by atoms with Gasteiger partial charge in [-0.1, -0.05) is 36.9 Å². The van der Waals surface area contributed by atoms with Gasteiger partial charge in [-0.25, -0.2) is 8.42 Å². The predicted octanol–water partition coefficient (Wildman–Crippen LogP) is 1.02. The first-order valence-corrected chi connectivity index (χ1v) is 11.5. The zero-order valence-corrected chi connectivity index (χ0v) is 17.4. The van der Waals surface area contributed by atoms with Gasteiger partial charge in [-0.15, -0.1) is 0 Å². The van der Waals surface area contributed by atoms with Crippen molar-refractivity contribution in [3.63, 3.8) is 0 Å². The number of sulfonamides is 1. The number of piperazine rings is 1. The second-order valence-electron chi connectivity index (χ2n) is 7.58. The Kier molecular flexibility index (Phi) is 6.78. The molecule has 1 aliphatic carbocycles. The van der Waals surface area contributed by atoms with E-state index in [2.05, 4.69) is 0 Å². The number of halogens is 1. The first-order valence-electron chi connectivity index (χ1n) is 9.73. The number of nitrogens with one attached hydrogen (secondary N) is 1. The minimum atomic E-state index is -3.53. The largest absolute Gasteiger partial charge is 0.338 e. The number of hydrogen-bond acceptors (Lipinski definition) is 3. The molecule has 1 aromatic carbocycles. The van der Waals surface area contributed by atoms with Crippen LogP contribution in [0.1, 0.15) is 32.1 Å². The van der Waals surface area contributed by atoms with E-state index in [4.69, 9.17) is 11.6 Å². The third-order valence-corrected chi connectivity index (χ3v) is 7.91. The summed E-state index contributed by atoms with van der Waals surface area (Å²) in [7, 11) is -1.62. The zero-order valence-electron chi connectivity index (χ0n) is 15.9. The van der Waals surface area contributed by atoms with Crippen LogP contribution < -0.4 is 4.90 Å². The van der Waals surface area contributed by atoms with Crippen LogP contribution in [0.2, 0.25) is 5.02 Å². The molecule has 6 nitrogen and oxygen atoms in total. The van der Waals surface area contributed by atoms with Crippen LogP contribution in [0.3, 0.4) is 0 Å². The van der Waals surface area contributed by atoms with Crippen LogP contribution in [-0.2, 0) is 14.8 Å². The zero-order chi connectivity index (χ0) is 19.4. The van der Waals surface area contributed by atoms with Crippen LogP contribution in [-0.4, -0.2) is 69.3 Å². The Morgan fingerprint density at radius 1 is 1.22 bits per heavy atom. The van der Waals surface area contributed by atoms with Crippen molar-refractivity contribution in [2.24, 2.45) is 0 Å². The third-order valence-electron chi connectivity index (χ3n) is 5.78. The molecule has 0 spiro atoms. The number of rotatable bonds is 5. The van der Waals surface area contributed by atoms with E-state index in [0.29, 0.717) is 43.8 Å². The molecule has 0 radical (unpaired) electrons. The maximum atomic E-state index is 12.8. The minimum absolute atomic E-state index is 0.169. The van der Waals surface area contributed by atoms with Crippen molar-refractivity contribution in [3.05, 3.63) is 29.3 Å². The van der Waals surface area contributed by atoms with Crippen molar-refractivity contribution in [1.82, 2.24) is 9.21 Å². The van der Waals surface area contributed by atoms with Gasteiger partial charge < -0.3 is 9.80 Å². The average Bonchev–Trinajstić information content (AvgIpc) is 2.68. The molecule has 2 aliphatic rings. The summed E-state index contributed by atoms with van der Waals surface area (Å²) in [6, 6.07) is 6.74. The van der Waals surface area contributed by atoms with Gasteiger partial charge in [0.15, 0.2) is 6.54 Å². The number of benzene rings is 1. The van der Waals surface area contributed by atoms with Crippen molar-refractivity contribution in [3.8, 4) is 0 Å². The number of carbonyl (C=O) groups excluding carboxylic acids is 1. The first-order chi connectivity index (χ1) is 12.9. The maximum absolute atomic E-state index is 12.8. The average molecular weight is 415 g/mol. The second-order valence-corrected chi connectivity index (χ2v) is 9.96. The highest BCUT2D eigenvalue weighted by atomic mass is 35.5. The molecule has 1 aliphatic heterocycles. The molecule has 2 fully saturated rings. The molecule has 0 bridgehead atoms. The van der Waals surface area contributed by atoms with E-state index < -0.39 is 10.0 Å². The highest BCUT2D eigenvalue weighted by Crippen LogP contribution is 2.22. The van der Waals surface area contributed by atoms with Gasteiger partial charge in [0.2, 0.25) is 10.0 Å². The molecule has 8 heteroatoms. The smallest absolute Gasteiger partial charge is 0.277 e. The molecule has 0 atom stereocenters. The van der Waals surface area contributed by atoms with Crippen LogP contribution in [0, 0.1) is 0 Å². The predicted molar refractivity (Wildman–Crippen MR) is 105 cm³/mol. The van der Waals surface area contributed by atoms with Crippen molar-refractivity contribution in [2.75, 3.05) is 39.8 Å². The summed E-state index contributed by atoms with van der Waals surface area (Å²) in [5.74, 6) is 0.169. The van der Waals surface area contributed by atoms with Crippen LogP contribution in [0.25, 0.3) is 0 Å². The molecular formula is C19H29ClN3O3S+. The van der Waals surface area contributed by atoms with E-state index in [1.54, 1.807) is 18.2 Å². The third kappa shape index (κ3) is 5.02. The summed E-state index contributed by atoms with van der Waals surface area (Å²) in [6.45, 7) is 2.57. The Labute approximate surface area is 167 Å². The fourth-order valence-corrected chi connectivity index (χ4v) is 5.75. The fraction of sp³-hybridized carbons (Fsp3) is 0.632. The topological polar surface area (TPSA) is 62.1 Å². The molecule has 150 valence electrons. The van der Waals surface area contributed by atoms with Gasteiger partial charge in [0, 0.05) is 18.1 Å². The normalized spacial score (nSPS) is 20.5. The van der Waals surface area contributed by atoms with Crippen molar-refractivity contribution in [1.29, 1.82) is 0 Å². The lowest BCUT2D eigenvalue weighted by Crippen LogP contribution is -3.15. The number of amides is 1. The quantitative estimate of drug-likeness (QED) is 0.782. The Hall–Kier alpha value is -1.15. The molecule has 1 N–H and O–H groups in total. The molecule has 0 aromatic heterocycles. The van der Waals surface area contributed by atoms with Crippen molar-refractivity contribution >= 4 is 27.5 Å². The lowest BCUT2D eigenvalue weighted by atomic mass is 9.94. The van der Waals surface area contributed by atoms with Crippen LogP contribution in [0.4, 0.5) is 0 Å². The number of likely N-dealkylation sites (N-methyl/N-ethyl adjacent to an activating group) is 1. The van der Waals surface area contributed by atoms with E-state index in [1.165, 1.54) is 29.6 Å². The van der Waals surface area contributed by atoms with E-state index in [-0.39, 0.29) is 10.8 Å². The summed E-state index contributed by atoms with van der Waals surface area (Å²) in [6.07, 6.45) is 5.88. The standard InChI is InChI=1S/C19H28ClN3O3S/c1-21(17-7-3-2-4-8-17)19(24)15-22-10-12-23(13-11-22)27(25,26)18-9-5-6-16(20)14-18/h5-6,9,14,17H,2-4,7-8,10-13,15H2,1H3/p+1. The van der Waals surface area contributed by atoms with Crippen LogP contribution >= 0.6 is 11.6 Å². The van der Waals surface area contributed by atoms with E-state index in [9.17, 15) is 13.2 Å². The van der Waals surface area contributed by atoms with Crippen LogP contribution in [0.15, 0.2) is 29.2 Å². The van der Waals surface area contributed by atoms with Crippen LogP contribution in [0.5, 0.6) is 0 Å². The Morgan fingerprint density at radius 3 is 2.52 bits per heavy atom. The molecule has 0 unspecified atom stereocenters. The van der Waals surface area contributed by atoms with E-state index in [0.717, 1.165) is 17.7 Å². The summed E-state index contributed by atoms with van der Waals surface area (Å²) in [4.78, 5) is 15.9. The summed E-state index contributed by atoms with van der Waals surface area (Å²) in [5.41, 5.74) is 0. The van der Waals surface area contributed by atoms with Crippen molar-refractivity contribution in [2.45, 2.75) is 43.0 Å². The summed E-state index contributed by atoms with van der Waals surface area (Å²) < 4.78 is 27.0. The molecule has 3 rings (SSSR count). The lowest BCUT2D eigenvalue weighted by Gasteiger charge is -2.34. The molecule has 1 saturated heterocycles. The van der Waals surface area contributed by atoms with Gasteiger partial charge in [-0.05, 0) is 31.0 Å². The van der Waals surface area contributed by atoms with E-state index >= 15 is 0 Å². The number of hydrogen-bond donors (Lipinski definition) is 1. The SMILES string of the molecule is CN(C(=O)C[NH+]1CCN(S(=O)(=O)c2cccc(Cl)c2)CC1)C1CCCCC1. The second kappa shape index (κ2) is 8.90. The van der Waals surface area contributed by atoms with Gasteiger partial charge in [-0.3, -0.25) is 4.79 Å². The first kappa shape index (κ1) is 20.6. The monoisotopic (exact) mass is 414 g/mol. The van der Waals surface area contributed by atoms with Gasteiger partial charge in [0.1, 0.15) is 0 Å². The molecule has 1 saturated carbocycles. The molecule has 27 heavy (non-hydrogen) atoms. The number of quaternary nitrogens is 1. The Morgan fingerprint density at radius 2 is 1.89 bits per heavy atom. The highest BCUT2D eigenvalue weighted by Gasteiger charge is 2.32. The van der Waals surface area contributed by atoms with E-state index in [1.807, 2.05) is 11.9 Å². The highest BCUT2D eigenvalue weighted by molar-refractivity contribution is 7.89. The number of nitrogens with zero attached hydrogens (tertiary/aromatic N) is 2. The molecule has 1 heterocycles. The minimum Gasteiger partial charge on any atom is -0.338 e. The van der Waals surface area contributed by atoms with Gasteiger partial charge in [-0.2, -0.15) is 4.31 Å². The molecule has 1 amide bonds. The fourth-order valence-electron chi connectivity index (χ4n) is 4.01.